The fourth-order valence-corrected chi connectivity index (χ4v) is 6.82. The van der Waals surface area contributed by atoms with E-state index in [4.69, 9.17) is 14.2 Å². The lowest BCUT2D eigenvalue weighted by atomic mass is 9.95. The number of hydrogen-bond acceptors (Lipinski definition) is 7. The molecule has 0 aliphatic carbocycles. The van der Waals surface area contributed by atoms with Gasteiger partial charge in [-0.25, -0.2) is 8.42 Å². The minimum atomic E-state index is -3.88. The molecule has 0 unspecified atom stereocenters. The van der Waals surface area contributed by atoms with Crippen molar-refractivity contribution in [2.75, 3.05) is 37.8 Å². The third kappa shape index (κ3) is 4.61. The summed E-state index contributed by atoms with van der Waals surface area (Å²) in [6, 6.07) is 15.9. The van der Waals surface area contributed by atoms with Crippen LogP contribution in [0.1, 0.15) is 38.7 Å². The topological polar surface area (TPSA) is 109 Å². The molecule has 0 radical (unpaired) electrons. The van der Waals surface area contributed by atoms with Crippen molar-refractivity contribution in [2.45, 2.75) is 49.8 Å². The molecule has 1 spiro atoms. The van der Waals surface area contributed by atoms with Crippen LogP contribution < -0.4 is 9.64 Å². The second-order valence-electron chi connectivity index (χ2n) is 10.3. The Balaban J connectivity index is 1.47. The van der Waals surface area contributed by atoms with Crippen molar-refractivity contribution in [1.29, 1.82) is 5.26 Å². The van der Waals surface area contributed by atoms with E-state index < -0.39 is 27.1 Å². The minimum absolute atomic E-state index is 0.0733. The summed E-state index contributed by atoms with van der Waals surface area (Å²) in [4.78, 5) is 15.2. The molecule has 3 heterocycles. The van der Waals surface area contributed by atoms with Crippen LogP contribution in [0.2, 0.25) is 0 Å². The Morgan fingerprint density at radius 3 is 2.57 bits per heavy atom. The monoisotopic (exact) mass is 525 g/mol. The number of anilines is 1. The molecule has 2 aromatic rings. The molecule has 3 aliphatic rings. The number of nitriles is 1. The van der Waals surface area contributed by atoms with Crippen LogP contribution in [0, 0.1) is 16.7 Å². The van der Waals surface area contributed by atoms with Crippen molar-refractivity contribution >= 4 is 21.6 Å². The van der Waals surface area contributed by atoms with Gasteiger partial charge in [-0.15, -0.1) is 0 Å². The highest BCUT2D eigenvalue weighted by Crippen LogP contribution is 2.47. The molecule has 0 bridgehead atoms. The number of nitrogens with zero attached hydrogens (tertiary/aromatic N) is 3. The molecule has 37 heavy (non-hydrogen) atoms. The van der Waals surface area contributed by atoms with E-state index in [1.54, 1.807) is 19.9 Å². The fraction of sp³-hybridized carbons (Fsp3) is 0.481. The van der Waals surface area contributed by atoms with Crippen molar-refractivity contribution in [1.82, 2.24) is 4.31 Å². The standard InChI is InChI=1S/C27H31N3O6S/c1-26(2,18-28)19-29-24-12-11-22(16-23(24)27(25(29)31)35-14-7-15-36-27)37(32,33)30-13-6-8-20(30)17-34-21-9-4-3-5-10-21/h3-5,9-12,16,20H,6-8,13-15,17,19H2,1-2H3/t20-/m0/s1. The molecule has 2 saturated heterocycles. The van der Waals surface area contributed by atoms with Gasteiger partial charge in [0.25, 0.3) is 11.7 Å². The Morgan fingerprint density at radius 2 is 1.86 bits per heavy atom. The first-order valence-electron chi connectivity index (χ1n) is 12.5. The zero-order valence-corrected chi connectivity index (χ0v) is 21.9. The summed E-state index contributed by atoms with van der Waals surface area (Å²) < 4.78 is 46.8. The number of fused-ring (bicyclic) bond motifs is 2. The first kappa shape index (κ1) is 25.7. The van der Waals surface area contributed by atoms with Crippen LogP contribution in [-0.2, 0) is 30.1 Å². The molecule has 2 aromatic carbocycles. The van der Waals surface area contributed by atoms with Crippen molar-refractivity contribution in [3.05, 3.63) is 54.1 Å². The molecule has 3 aliphatic heterocycles. The SMILES string of the molecule is CC(C)(C#N)CN1C(=O)C2(OCCCO2)c2cc(S(=O)(=O)N3CCC[C@H]3COc3ccccc3)ccc21. The molecule has 9 nitrogen and oxygen atoms in total. The summed E-state index contributed by atoms with van der Waals surface area (Å²) in [6.07, 6.45) is 2.06. The van der Waals surface area contributed by atoms with E-state index in [1.807, 2.05) is 30.3 Å². The average Bonchev–Trinajstić information content (AvgIpc) is 3.47. The van der Waals surface area contributed by atoms with E-state index in [0.717, 1.165) is 6.42 Å². The number of para-hydroxylation sites is 1. The van der Waals surface area contributed by atoms with Gasteiger partial charge in [0.05, 0.1) is 41.3 Å². The Kier molecular flexibility index (Phi) is 6.75. The van der Waals surface area contributed by atoms with Crippen molar-refractivity contribution in [2.24, 2.45) is 5.41 Å². The molecule has 0 N–H and O–H groups in total. The Hall–Kier alpha value is -2.97. The number of benzene rings is 2. The summed E-state index contributed by atoms with van der Waals surface area (Å²) >= 11 is 0. The lowest BCUT2D eigenvalue weighted by Crippen LogP contribution is -2.49. The predicted molar refractivity (Wildman–Crippen MR) is 135 cm³/mol. The van der Waals surface area contributed by atoms with Crippen LogP contribution >= 0.6 is 0 Å². The zero-order chi connectivity index (χ0) is 26.3. The highest BCUT2D eigenvalue weighted by molar-refractivity contribution is 7.89. The van der Waals surface area contributed by atoms with Crippen molar-refractivity contribution in [3.63, 3.8) is 0 Å². The van der Waals surface area contributed by atoms with Crippen LogP contribution in [-0.4, -0.2) is 57.6 Å². The van der Waals surface area contributed by atoms with Crippen LogP contribution in [0.15, 0.2) is 53.4 Å². The van der Waals surface area contributed by atoms with Gasteiger partial charge >= 0.3 is 0 Å². The van der Waals surface area contributed by atoms with E-state index in [1.165, 1.54) is 21.3 Å². The van der Waals surface area contributed by atoms with Crippen LogP contribution in [0.25, 0.3) is 0 Å². The van der Waals surface area contributed by atoms with E-state index in [0.29, 0.717) is 49.6 Å². The largest absolute Gasteiger partial charge is 0.492 e. The van der Waals surface area contributed by atoms with Gasteiger partial charge in [-0.3, -0.25) is 4.79 Å². The van der Waals surface area contributed by atoms with E-state index in [9.17, 15) is 18.5 Å². The highest BCUT2D eigenvalue weighted by atomic mass is 32.2. The molecular formula is C27H31N3O6S. The predicted octanol–water partition coefficient (Wildman–Crippen LogP) is 3.40. The third-order valence-electron chi connectivity index (χ3n) is 7.01. The number of carbonyl (C=O) groups excluding carboxylic acids is 1. The molecule has 0 saturated carbocycles. The number of rotatable bonds is 7. The van der Waals surface area contributed by atoms with Gasteiger partial charge in [0.15, 0.2) is 0 Å². The maximum absolute atomic E-state index is 13.8. The molecule has 10 heteroatoms. The molecule has 0 aromatic heterocycles. The van der Waals surface area contributed by atoms with E-state index in [-0.39, 0.29) is 24.1 Å². The quantitative estimate of drug-likeness (QED) is 0.545. The lowest BCUT2D eigenvalue weighted by molar-refractivity contribution is -0.256. The second kappa shape index (κ2) is 9.72. The van der Waals surface area contributed by atoms with Gasteiger partial charge in [0.1, 0.15) is 12.4 Å². The van der Waals surface area contributed by atoms with Gasteiger partial charge in [-0.05, 0) is 63.4 Å². The maximum Gasteiger partial charge on any atom is 0.292 e. The smallest absolute Gasteiger partial charge is 0.292 e. The van der Waals surface area contributed by atoms with Crippen molar-refractivity contribution < 1.29 is 27.4 Å². The molecule has 1 atom stereocenters. The molecular weight excluding hydrogens is 494 g/mol. The minimum Gasteiger partial charge on any atom is -0.492 e. The molecule has 196 valence electrons. The fourth-order valence-electron chi connectivity index (χ4n) is 5.11. The maximum atomic E-state index is 13.8. The van der Waals surface area contributed by atoms with Crippen LogP contribution in [0.4, 0.5) is 5.69 Å². The van der Waals surface area contributed by atoms with Crippen LogP contribution in [0.5, 0.6) is 5.75 Å². The number of carbonyl (C=O) groups is 1. The summed E-state index contributed by atoms with van der Waals surface area (Å²) in [6.45, 7) is 4.88. The number of amides is 1. The van der Waals surface area contributed by atoms with Gasteiger partial charge in [-0.2, -0.15) is 9.57 Å². The molecule has 1 amide bonds. The summed E-state index contributed by atoms with van der Waals surface area (Å²) in [5.41, 5.74) is 0.0437. The average molecular weight is 526 g/mol. The van der Waals surface area contributed by atoms with Crippen molar-refractivity contribution in [3.8, 4) is 11.8 Å². The summed E-state index contributed by atoms with van der Waals surface area (Å²) in [7, 11) is -3.88. The van der Waals surface area contributed by atoms with Gasteiger partial charge in [0.2, 0.25) is 10.0 Å². The highest BCUT2D eigenvalue weighted by Gasteiger charge is 2.56. The number of sulfonamides is 1. The third-order valence-corrected chi connectivity index (χ3v) is 8.96. The van der Waals surface area contributed by atoms with E-state index >= 15 is 0 Å². The first-order chi connectivity index (χ1) is 17.7. The normalized spacial score (nSPS) is 21.7. The van der Waals surface area contributed by atoms with Gasteiger partial charge < -0.3 is 19.1 Å². The molecule has 5 rings (SSSR count). The first-order valence-corrected chi connectivity index (χ1v) is 14.0. The van der Waals surface area contributed by atoms with Gasteiger partial charge in [0, 0.05) is 18.7 Å². The van der Waals surface area contributed by atoms with Gasteiger partial charge in [-0.1, -0.05) is 18.2 Å². The zero-order valence-electron chi connectivity index (χ0n) is 21.1. The number of ether oxygens (including phenoxy) is 3. The Labute approximate surface area is 217 Å². The lowest BCUT2D eigenvalue weighted by Gasteiger charge is -2.33. The van der Waals surface area contributed by atoms with Crippen LogP contribution in [0.3, 0.4) is 0 Å². The Morgan fingerprint density at radius 1 is 1.14 bits per heavy atom. The summed E-state index contributed by atoms with van der Waals surface area (Å²) in [5, 5.41) is 9.56. The summed E-state index contributed by atoms with van der Waals surface area (Å²) in [5.74, 6) is -1.45. The Bertz CT molecular complexity index is 1320. The second-order valence-corrected chi connectivity index (χ2v) is 12.2. The molecule has 2 fully saturated rings. The number of hydrogen-bond donors (Lipinski definition) is 0. The van der Waals surface area contributed by atoms with E-state index in [2.05, 4.69) is 6.07 Å².